The lowest BCUT2D eigenvalue weighted by Crippen LogP contribution is -2.30. The standard InChI is InChI=1S/C45H84O6/c1-37(2)19-13-26-41(6,47)28-15-30-43(8,49)32-17-34-45(10,51)35-18-33-44(9,50)31-16-29-42(7,48)27-14-24-39(4)22-11-20-38(3)21-12-23-40(5)25-36-46/h19,21-22,25,46-51H,11-18,20,23-24,26-36H2,1-10H3/b38-21+,39-22+,40-25+/t41-,42+,43-,44+,45-/m1/s1. The Hall–Kier alpha value is -1.28. The van der Waals surface area contributed by atoms with E-state index in [1.165, 1.54) is 22.3 Å². The molecule has 6 nitrogen and oxygen atoms in total. The second-order valence-electron chi connectivity index (χ2n) is 18.0. The Morgan fingerprint density at radius 1 is 0.373 bits per heavy atom. The highest BCUT2D eigenvalue weighted by Gasteiger charge is 2.28. The van der Waals surface area contributed by atoms with Crippen LogP contribution >= 0.6 is 0 Å². The summed E-state index contributed by atoms with van der Waals surface area (Å²) in [5.74, 6) is 0. The Kier molecular flexibility index (Phi) is 24.3. The lowest BCUT2D eigenvalue weighted by Gasteiger charge is -2.30. The van der Waals surface area contributed by atoms with Crippen molar-refractivity contribution < 1.29 is 30.6 Å². The van der Waals surface area contributed by atoms with Crippen LogP contribution in [-0.4, -0.2) is 65.3 Å². The van der Waals surface area contributed by atoms with Crippen LogP contribution in [0.15, 0.2) is 46.6 Å². The van der Waals surface area contributed by atoms with Gasteiger partial charge in [-0.05, 0) is 204 Å². The molecule has 0 aromatic heterocycles. The van der Waals surface area contributed by atoms with Crippen LogP contribution in [0.3, 0.4) is 0 Å². The molecule has 51 heavy (non-hydrogen) atoms. The molecule has 0 aliphatic heterocycles. The normalized spacial score (nSPS) is 19.1. The van der Waals surface area contributed by atoms with Gasteiger partial charge in [0.05, 0.1) is 34.6 Å². The van der Waals surface area contributed by atoms with E-state index in [9.17, 15) is 25.5 Å². The summed E-state index contributed by atoms with van der Waals surface area (Å²) >= 11 is 0. The lowest BCUT2D eigenvalue weighted by molar-refractivity contribution is -0.00579. The first-order valence-electron chi connectivity index (χ1n) is 20.3. The van der Waals surface area contributed by atoms with E-state index in [-0.39, 0.29) is 6.61 Å². The zero-order chi connectivity index (χ0) is 39.2. The SMILES string of the molecule is CC(C)=CCC[C@@](C)(O)CCC[C@@](C)(O)CCC[C@@](C)(O)CCC[C@@](C)(O)CCC[C@@](C)(O)CCC/C(C)=C/CC/C(C)=C/CC/C(C)=C/CO. The maximum Gasteiger partial charge on any atom is 0.0622 e. The van der Waals surface area contributed by atoms with Crippen molar-refractivity contribution >= 4 is 0 Å². The van der Waals surface area contributed by atoms with Crippen molar-refractivity contribution in [3.05, 3.63) is 46.6 Å². The molecule has 0 radical (unpaired) electrons. The topological polar surface area (TPSA) is 121 Å². The third kappa shape index (κ3) is 29.8. The van der Waals surface area contributed by atoms with Crippen molar-refractivity contribution in [3.63, 3.8) is 0 Å². The molecule has 0 saturated heterocycles. The van der Waals surface area contributed by atoms with Crippen molar-refractivity contribution in [1.29, 1.82) is 0 Å². The number of hydrogen-bond acceptors (Lipinski definition) is 6. The molecule has 0 aromatic carbocycles. The molecule has 6 heteroatoms. The van der Waals surface area contributed by atoms with Gasteiger partial charge < -0.3 is 30.6 Å². The maximum absolute atomic E-state index is 11.0. The monoisotopic (exact) mass is 721 g/mol. The van der Waals surface area contributed by atoms with Gasteiger partial charge in [-0.3, -0.25) is 0 Å². The molecule has 0 bridgehead atoms. The van der Waals surface area contributed by atoms with Gasteiger partial charge >= 0.3 is 0 Å². The number of allylic oxidation sites excluding steroid dienone is 7. The summed E-state index contributed by atoms with van der Waals surface area (Å²) in [4.78, 5) is 0. The molecular weight excluding hydrogens is 636 g/mol. The van der Waals surface area contributed by atoms with Crippen LogP contribution in [0.1, 0.15) is 204 Å². The molecule has 0 aliphatic carbocycles. The summed E-state index contributed by atoms with van der Waals surface area (Å²) in [5, 5.41) is 63.6. The predicted molar refractivity (Wildman–Crippen MR) is 218 cm³/mol. The largest absolute Gasteiger partial charge is 0.392 e. The quantitative estimate of drug-likeness (QED) is 0.0411. The smallest absolute Gasteiger partial charge is 0.0622 e. The molecule has 0 unspecified atom stereocenters. The summed E-state index contributed by atoms with van der Waals surface area (Å²) in [6.45, 7) is 20.1. The molecular formula is C45H84O6. The number of aliphatic hydroxyl groups is 6. The van der Waals surface area contributed by atoms with Gasteiger partial charge in [-0.2, -0.15) is 0 Å². The molecule has 0 spiro atoms. The van der Waals surface area contributed by atoms with E-state index in [4.69, 9.17) is 5.11 Å². The molecule has 300 valence electrons. The van der Waals surface area contributed by atoms with E-state index in [0.717, 1.165) is 83.5 Å². The van der Waals surface area contributed by atoms with Crippen molar-refractivity contribution in [3.8, 4) is 0 Å². The van der Waals surface area contributed by atoms with Crippen LogP contribution < -0.4 is 0 Å². The number of aliphatic hydroxyl groups excluding tert-OH is 1. The van der Waals surface area contributed by atoms with E-state index in [0.29, 0.717) is 51.4 Å². The molecule has 0 rings (SSSR count). The van der Waals surface area contributed by atoms with Crippen LogP contribution in [0.5, 0.6) is 0 Å². The minimum atomic E-state index is -0.843. The van der Waals surface area contributed by atoms with Crippen molar-refractivity contribution in [1.82, 2.24) is 0 Å². The Bertz CT molecular complexity index is 1050. The van der Waals surface area contributed by atoms with E-state index >= 15 is 0 Å². The van der Waals surface area contributed by atoms with Crippen molar-refractivity contribution in [2.75, 3.05) is 6.61 Å². The number of hydrogen-bond donors (Lipinski definition) is 6. The molecule has 0 saturated carbocycles. The van der Waals surface area contributed by atoms with Crippen molar-refractivity contribution in [2.24, 2.45) is 0 Å². The Labute approximate surface area is 315 Å². The average Bonchev–Trinajstić information content (AvgIpc) is 2.96. The summed E-state index contributed by atoms with van der Waals surface area (Å²) in [6, 6.07) is 0. The Balaban J connectivity index is 4.33. The van der Waals surface area contributed by atoms with Gasteiger partial charge in [0.15, 0.2) is 0 Å². The van der Waals surface area contributed by atoms with E-state index < -0.39 is 28.0 Å². The molecule has 0 aromatic rings. The van der Waals surface area contributed by atoms with Gasteiger partial charge in [-0.15, -0.1) is 0 Å². The fourth-order valence-electron chi connectivity index (χ4n) is 7.00. The zero-order valence-electron chi connectivity index (χ0n) is 35.0. The van der Waals surface area contributed by atoms with E-state index in [2.05, 4.69) is 52.8 Å². The predicted octanol–water partition coefficient (Wildman–Crippen LogP) is 10.7. The second kappa shape index (κ2) is 24.9. The van der Waals surface area contributed by atoms with E-state index in [1.54, 1.807) is 0 Å². The first-order chi connectivity index (χ1) is 23.5. The maximum atomic E-state index is 11.0. The van der Waals surface area contributed by atoms with Crippen LogP contribution in [0.4, 0.5) is 0 Å². The fourth-order valence-corrected chi connectivity index (χ4v) is 7.00. The zero-order valence-corrected chi connectivity index (χ0v) is 35.0. The molecule has 0 heterocycles. The molecule has 0 aliphatic rings. The van der Waals surface area contributed by atoms with Gasteiger partial charge in [0, 0.05) is 0 Å². The highest BCUT2D eigenvalue weighted by Crippen LogP contribution is 2.31. The summed E-state index contributed by atoms with van der Waals surface area (Å²) in [7, 11) is 0. The van der Waals surface area contributed by atoms with Crippen molar-refractivity contribution in [2.45, 2.75) is 232 Å². The third-order valence-electron chi connectivity index (χ3n) is 10.7. The molecule has 5 atom stereocenters. The molecule has 0 fully saturated rings. The van der Waals surface area contributed by atoms with Gasteiger partial charge in [-0.1, -0.05) is 46.6 Å². The van der Waals surface area contributed by atoms with Crippen LogP contribution in [0, 0.1) is 0 Å². The van der Waals surface area contributed by atoms with Crippen LogP contribution in [-0.2, 0) is 0 Å². The highest BCUT2D eigenvalue weighted by molar-refractivity contribution is 5.06. The molecule has 0 amide bonds. The van der Waals surface area contributed by atoms with Gasteiger partial charge in [-0.25, -0.2) is 0 Å². The first kappa shape index (κ1) is 49.7. The minimum Gasteiger partial charge on any atom is -0.392 e. The third-order valence-corrected chi connectivity index (χ3v) is 10.7. The average molecular weight is 721 g/mol. The highest BCUT2D eigenvalue weighted by atomic mass is 16.3. The van der Waals surface area contributed by atoms with Gasteiger partial charge in [0.2, 0.25) is 0 Å². The first-order valence-corrected chi connectivity index (χ1v) is 20.3. The Morgan fingerprint density at radius 3 is 1.00 bits per heavy atom. The van der Waals surface area contributed by atoms with Gasteiger partial charge in [0.1, 0.15) is 0 Å². The second-order valence-corrected chi connectivity index (χ2v) is 18.0. The van der Waals surface area contributed by atoms with Gasteiger partial charge in [0.25, 0.3) is 0 Å². The summed E-state index contributed by atoms with van der Waals surface area (Å²) in [6.07, 6.45) is 25.0. The Morgan fingerprint density at radius 2 is 0.667 bits per heavy atom. The minimum absolute atomic E-state index is 0.115. The number of rotatable bonds is 30. The summed E-state index contributed by atoms with van der Waals surface area (Å²) < 4.78 is 0. The van der Waals surface area contributed by atoms with Crippen LogP contribution in [0.25, 0.3) is 0 Å². The fraction of sp³-hybridized carbons (Fsp3) is 0.822. The van der Waals surface area contributed by atoms with E-state index in [1.807, 2.05) is 40.7 Å². The lowest BCUT2D eigenvalue weighted by atomic mass is 9.84. The summed E-state index contributed by atoms with van der Waals surface area (Å²) in [5.41, 5.74) is 1.32. The van der Waals surface area contributed by atoms with Crippen LogP contribution in [0.2, 0.25) is 0 Å². The molecule has 6 N–H and O–H groups in total.